The molecule has 1 atom stereocenters. The predicted octanol–water partition coefficient (Wildman–Crippen LogP) is 1.60. The number of methoxy groups -OCH3 is 1. The highest BCUT2D eigenvalue weighted by Crippen LogP contribution is 2.22. The molecule has 0 spiro atoms. The van der Waals surface area contributed by atoms with Crippen molar-refractivity contribution in [2.45, 2.75) is 25.8 Å². The number of aryl methyl sites for hydroxylation is 1. The quantitative estimate of drug-likeness (QED) is 0.814. The van der Waals surface area contributed by atoms with Gasteiger partial charge in [0, 0.05) is 12.0 Å². The molecule has 0 bridgehead atoms. The van der Waals surface area contributed by atoms with Crippen LogP contribution < -0.4 is 15.4 Å². The normalized spacial score (nSPS) is 16.8. The summed E-state index contributed by atoms with van der Waals surface area (Å²) in [6.45, 7) is 1.74. The first-order valence-electron chi connectivity index (χ1n) is 8.24. The van der Waals surface area contributed by atoms with Crippen LogP contribution in [0, 0.1) is 6.92 Å². The summed E-state index contributed by atoms with van der Waals surface area (Å²) in [7, 11) is 1.60. The molecule has 1 fully saturated rings. The second-order valence-electron chi connectivity index (χ2n) is 6.04. The Morgan fingerprint density at radius 1 is 1.19 bits per heavy atom. The van der Waals surface area contributed by atoms with E-state index in [0.717, 1.165) is 17.0 Å². The monoisotopic (exact) mass is 353 g/mol. The Kier molecular flexibility index (Phi) is 4.97. The van der Waals surface area contributed by atoms with E-state index in [1.807, 2.05) is 24.3 Å². The minimum absolute atomic E-state index is 0.213. The topological polar surface area (TPSA) is 97.4 Å². The van der Waals surface area contributed by atoms with E-state index in [-0.39, 0.29) is 18.2 Å². The van der Waals surface area contributed by atoms with Gasteiger partial charge in [0.05, 0.1) is 24.1 Å². The molecule has 2 aromatic rings. The van der Waals surface area contributed by atoms with Crippen LogP contribution in [0.25, 0.3) is 11.3 Å². The van der Waals surface area contributed by atoms with Gasteiger partial charge in [0.25, 0.3) is 5.91 Å². The van der Waals surface area contributed by atoms with Gasteiger partial charge in [-0.15, -0.1) is 0 Å². The number of hydrogen-bond acceptors (Lipinski definition) is 5. The lowest BCUT2D eigenvalue weighted by Crippen LogP contribution is -2.52. The molecule has 3 rings (SSSR count). The summed E-state index contributed by atoms with van der Waals surface area (Å²) in [5.41, 5.74) is 2.60. The number of ether oxygens (including phenoxy) is 1. The summed E-state index contributed by atoms with van der Waals surface area (Å²) in [5, 5.41) is 4.88. The molecule has 1 aromatic heterocycles. The summed E-state index contributed by atoms with van der Waals surface area (Å²) in [4.78, 5) is 39.9. The van der Waals surface area contributed by atoms with Gasteiger partial charge in [-0.05, 0) is 49.7 Å². The number of aromatic nitrogens is 1. The van der Waals surface area contributed by atoms with E-state index >= 15 is 0 Å². The number of carbonyl (C=O) groups is 3. The molecule has 1 aliphatic rings. The van der Waals surface area contributed by atoms with Gasteiger partial charge in [0.15, 0.2) is 0 Å². The van der Waals surface area contributed by atoms with Crippen LogP contribution in [0.15, 0.2) is 36.4 Å². The molecule has 0 saturated carbocycles. The number of piperidine rings is 1. The Bertz CT molecular complexity index is 862. The van der Waals surface area contributed by atoms with Crippen molar-refractivity contribution in [3.8, 4) is 17.0 Å². The Labute approximate surface area is 150 Å². The van der Waals surface area contributed by atoms with Crippen LogP contribution >= 0.6 is 0 Å². The van der Waals surface area contributed by atoms with Gasteiger partial charge in [-0.1, -0.05) is 0 Å². The van der Waals surface area contributed by atoms with E-state index in [1.54, 1.807) is 26.2 Å². The van der Waals surface area contributed by atoms with E-state index in [2.05, 4.69) is 15.6 Å². The zero-order chi connectivity index (χ0) is 18.7. The Balaban J connectivity index is 1.75. The molecule has 7 heteroatoms. The number of nitrogens with one attached hydrogen (secondary N) is 2. The van der Waals surface area contributed by atoms with Crippen molar-refractivity contribution in [3.05, 3.63) is 47.7 Å². The Hall–Kier alpha value is -3.22. The first-order chi connectivity index (χ1) is 12.5. The number of carbonyl (C=O) groups excluding carboxylic acids is 3. The molecular formula is C19H19N3O4. The van der Waals surface area contributed by atoms with Crippen LogP contribution in [0.3, 0.4) is 0 Å². The van der Waals surface area contributed by atoms with Crippen LogP contribution in [-0.4, -0.2) is 35.9 Å². The number of imide groups is 1. The summed E-state index contributed by atoms with van der Waals surface area (Å²) < 4.78 is 5.14. The molecule has 1 saturated heterocycles. The van der Waals surface area contributed by atoms with E-state index in [9.17, 15) is 14.4 Å². The molecule has 3 amide bonds. The molecule has 1 aromatic carbocycles. The standard InChI is InChI=1S/C19H19N3O4/c1-11-14(18(24)21-16-9-10-17(23)22-19(16)25)7-8-15(20-11)12-3-5-13(26-2)6-4-12/h3-8,16H,9-10H2,1-2H3,(H,21,24)(H,22,23,25). The van der Waals surface area contributed by atoms with Crippen LogP contribution in [0.4, 0.5) is 0 Å². The minimum Gasteiger partial charge on any atom is -0.497 e. The maximum atomic E-state index is 12.5. The third kappa shape index (κ3) is 3.72. The van der Waals surface area contributed by atoms with E-state index in [0.29, 0.717) is 17.7 Å². The second kappa shape index (κ2) is 7.35. The van der Waals surface area contributed by atoms with Gasteiger partial charge in [0.1, 0.15) is 11.8 Å². The van der Waals surface area contributed by atoms with Gasteiger partial charge < -0.3 is 10.1 Å². The number of benzene rings is 1. The number of amides is 3. The highest BCUT2D eigenvalue weighted by molar-refractivity contribution is 6.04. The van der Waals surface area contributed by atoms with Gasteiger partial charge in [-0.3, -0.25) is 24.7 Å². The van der Waals surface area contributed by atoms with Crippen LogP contribution in [0.2, 0.25) is 0 Å². The molecule has 1 unspecified atom stereocenters. The highest BCUT2D eigenvalue weighted by atomic mass is 16.5. The van der Waals surface area contributed by atoms with Crippen molar-refractivity contribution in [1.82, 2.24) is 15.6 Å². The van der Waals surface area contributed by atoms with Crippen LogP contribution in [0.1, 0.15) is 28.9 Å². The van der Waals surface area contributed by atoms with Crippen molar-refractivity contribution < 1.29 is 19.1 Å². The molecule has 2 N–H and O–H groups in total. The van der Waals surface area contributed by atoms with E-state index in [1.165, 1.54) is 0 Å². The lowest BCUT2D eigenvalue weighted by molar-refractivity contribution is -0.134. The molecule has 0 aliphatic carbocycles. The molecule has 1 aliphatic heterocycles. The average Bonchev–Trinajstić information content (AvgIpc) is 2.64. The first kappa shape index (κ1) is 17.6. The first-order valence-corrected chi connectivity index (χ1v) is 8.24. The minimum atomic E-state index is -0.708. The predicted molar refractivity (Wildman–Crippen MR) is 94.6 cm³/mol. The number of hydrogen-bond donors (Lipinski definition) is 2. The zero-order valence-electron chi connectivity index (χ0n) is 14.5. The average molecular weight is 353 g/mol. The molecule has 26 heavy (non-hydrogen) atoms. The van der Waals surface area contributed by atoms with E-state index < -0.39 is 11.9 Å². The van der Waals surface area contributed by atoms with Crippen molar-refractivity contribution >= 4 is 17.7 Å². The lowest BCUT2D eigenvalue weighted by Gasteiger charge is -2.22. The maximum Gasteiger partial charge on any atom is 0.253 e. The SMILES string of the molecule is COc1ccc(-c2ccc(C(=O)NC3CCC(=O)NC3=O)c(C)n2)cc1. The zero-order valence-corrected chi connectivity index (χ0v) is 14.5. The van der Waals surface area contributed by atoms with Crippen molar-refractivity contribution in [2.75, 3.05) is 7.11 Å². The van der Waals surface area contributed by atoms with Gasteiger partial charge in [0.2, 0.25) is 11.8 Å². The summed E-state index contributed by atoms with van der Waals surface area (Å²) in [5.74, 6) is -0.422. The van der Waals surface area contributed by atoms with E-state index in [4.69, 9.17) is 4.74 Å². The maximum absolute atomic E-state index is 12.5. The fraction of sp³-hybridized carbons (Fsp3) is 0.263. The third-order valence-electron chi connectivity index (χ3n) is 4.26. The Morgan fingerprint density at radius 3 is 2.54 bits per heavy atom. The summed E-state index contributed by atoms with van der Waals surface area (Å²) in [6.07, 6.45) is 0.511. The van der Waals surface area contributed by atoms with Gasteiger partial charge in [-0.25, -0.2) is 0 Å². The smallest absolute Gasteiger partial charge is 0.253 e. The Morgan fingerprint density at radius 2 is 1.92 bits per heavy atom. The fourth-order valence-electron chi connectivity index (χ4n) is 2.79. The molecular weight excluding hydrogens is 334 g/mol. The molecule has 7 nitrogen and oxygen atoms in total. The molecule has 2 heterocycles. The summed E-state index contributed by atoms with van der Waals surface area (Å²) >= 11 is 0. The van der Waals surface area contributed by atoms with Crippen molar-refractivity contribution in [1.29, 1.82) is 0 Å². The fourth-order valence-corrected chi connectivity index (χ4v) is 2.79. The largest absolute Gasteiger partial charge is 0.497 e. The lowest BCUT2D eigenvalue weighted by atomic mass is 10.0. The van der Waals surface area contributed by atoms with Crippen LogP contribution in [0.5, 0.6) is 5.75 Å². The molecule has 134 valence electrons. The van der Waals surface area contributed by atoms with Crippen LogP contribution in [-0.2, 0) is 9.59 Å². The number of rotatable bonds is 4. The van der Waals surface area contributed by atoms with Gasteiger partial charge >= 0.3 is 0 Å². The van der Waals surface area contributed by atoms with Gasteiger partial charge in [-0.2, -0.15) is 0 Å². The highest BCUT2D eigenvalue weighted by Gasteiger charge is 2.28. The third-order valence-corrected chi connectivity index (χ3v) is 4.26. The second-order valence-corrected chi connectivity index (χ2v) is 6.04. The number of pyridine rings is 1. The number of nitrogens with zero attached hydrogens (tertiary/aromatic N) is 1. The summed E-state index contributed by atoms with van der Waals surface area (Å²) in [6, 6.07) is 10.2. The van der Waals surface area contributed by atoms with Crippen molar-refractivity contribution in [3.63, 3.8) is 0 Å². The molecule has 0 radical (unpaired) electrons. The van der Waals surface area contributed by atoms with Crippen molar-refractivity contribution in [2.24, 2.45) is 0 Å².